The lowest BCUT2D eigenvalue weighted by Gasteiger charge is -2.31. The SMILES string of the molecule is COc1ccc(-c2nnc3c4ccccc4nc(N4CCC(C)CC4)n23)cc1OC. The van der Waals surface area contributed by atoms with Gasteiger partial charge in [0, 0.05) is 24.0 Å². The second kappa shape index (κ2) is 7.48. The predicted molar refractivity (Wildman–Crippen MR) is 117 cm³/mol. The zero-order valence-corrected chi connectivity index (χ0v) is 17.5. The first kappa shape index (κ1) is 18.7. The minimum Gasteiger partial charge on any atom is -0.493 e. The summed E-state index contributed by atoms with van der Waals surface area (Å²) >= 11 is 0. The van der Waals surface area contributed by atoms with Crippen LogP contribution in [0.3, 0.4) is 0 Å². The molecule has 0 atom stereocenters. The van der Waals surface area contributed by atoms with Gasteiger partial charge >= 0.3 is 0 Å². The van der Waals surface area contributed by atoms with Crippen LogP contribution < -0.4 is 14.4 Å². The molecule has 0 spiro atoms. The number of benzene rings is 2. The minimum absolute atomic E-state index is 0.661. The molecule has 7 heteroatoms. The first-order valence-electron chi connectivity index (χ1n) is 10.3. The summed E-state index contributed by atoms with van der Waals surface area (Å²) in [5, 5.41) is 10.1. The number of ether oxygens (including phenoxy) is 2. The molecule has 154 valence electrons. The highest BCUT2D eigenvalue weighted by molar-refractivity contribution is 5.93. The average molecular weight is 403 g/mol. The number of hydrogen-bond acceptors (Lipinski definition) is 6. The number of anilines is 1. The summed E-state index contributed by atoms with van der Waals surface area (Å²) in [5.74, 6) is 3.73. The lowest BCUT2D eigenvalue weighted by atomic mass is 9.99. The van der Waals surface area contributed by atoms with Crippen LogP contribution in [0.15, 0.2) is 42.5 Å². The molecule has 0 N–H and O–H groups in total. The van der Waals surface area contributed by atoms with Crippen molar-refractivity contribution in [2.45, 2.75) is 19.8 Å². The highest BCUT2D eigenvalue weighted by atomic mass is 16.5. The van der Waals surface area contributed by atoms with E-state index in [-0.39, 0.29) is 0 Å². The molecule has 1 fully saturated rings. The predicted octanol–water partition coefficient (Wildman–Crippen LogP) is 4.20. The molecule has 5 rings (SSSR count). The Hall–Kier alpha value is -3.35. The third kappa shape index (κ3) is 3.01. The minimum atomic E-state index is 0.661. The van der Waals surface area contributed by atoms with Crippen molar-refractivity contribution in [1.82, 2.24) is 19.6 Å². The first-order valence-corrected chi connectivity index (χ1v) is 10.3. The van der Waals surface area contributed by atoms with Gasteiger partial charge in [-0.1, -0.05) is 19.1 Å². The van der Waals surface area contributed by atoms with Crippen LogP contribution in [0.2, 0.25) is 0 Å². The van der Waals surface area contributed by atoms with Gasteiger partial charge in [-0.05, 0) is 49.1 Å². The van der Waals surface area contributed by atoms with Gasteiger partial charge in [0.05, 0.1) is 19.7 Å². The van der Waals surface area contributed by atoms with Gasteiger partial charge in [0.25, 0.3) is 0 Å². The van der Waals surface area contributed by atoms with Crippen molar-refractivity contribution in [2.75, 3.05) is 32.2 Å². The van der Waals surface area contributed by atoms with Gasteiger partial charge in [-0.2, -0.15) is 0 Å². The molecule has 0 amide bonds. The Morgan fingerprint density at radius 1 is 0.933 bits per heavy atom. The molecule has 2 aromatic carbocycles. The van der Waals surface area contributed by atoms with E-state index >= 15 is 0 Å². The van der Waals surface area contributed by atoms with E-state index in [1.54, 1.807) is 14.2 Å². The molecule has 1 aliphatic rings. The molecule has 4 aromatic rings. The Kier molecular flexibility index (Phi) is 4.65. The second-order valence-electron chi connectivity index (χ2n) is 7.85. The number of hydrogen-bond donors (Lipinski definition) is 0. The molecular weight excluding hydrogens is 378 g/mol. The third-order valence-corrected chi connectivity index (χ3v) is 5.94. The third-order valence-electron chi connectivity index (χ3n) is 5.94. The number of rotatable bonds is 4. The second-order valence-corrected chi connectivity index (χ2v) is 7.85. The number of methoxy groups -OCH3 is 2. The monoisotopic (exact) mass is 403 g/mol. The van der Waals surface area contributed by atoms with E-state index in [2.05, 4.69) is 26.4 Å². The van der Waals surface area contributed by atoms with Gasteiger partial charge in [-0.15, -0.1) is 10.2 Å². The maximum absolute atomic E-state index is 5.51. The number of fused-ring (bicyclic) bond motifs is 3. The molecule has 3 heterocycles. The molecule has 2 aromatic heterocycles. The molecular formula is C23H25N5O2. The van der Waals surface area contributed by atoms with Gasteiger partial charge in [0.1, 0.15) is 0 Å². The molecule has 7 nitrogen and oxygen atoms in total. The van der Waals surface area contributed by atoms with Crippen LogP contribution in [0.25, 0.3) is 27.9 Å². The molecule has 0 aliphatic carbocycles. The van der Waals surface area contributed by atoms with Crippen molar-refractivity contribution < 1.29 is 9.47 Å². The summed E-state index contributed by atoms with van der Waals surface area (Å²) < 4.78 is 13.0. The van der Waals surface area contributed by atoms with Crippen molar-refractivity contribution >= 4 is 22.5 Å². The Labute approximate surface area is 175 Å². The zero-order valence-electron chi connectivity index (χ0n) is 17.5. The van der Waals surface area contributed by atoms with E-state index in [9.17, 15) is 0 Å². The molecule has 0 unspecified atom stereocenters. The van der Waals surface area contributed by atoms with Gasteiger partial charge in [-0.3, -0.25) is 0 Å². The highest BCUT2D eigenvalue weighted by Gasteiger charge is 2.24. The molecule has 0 saturated carbocycles. The summed E-state index contributed by atoms with van der Waals surface area (Å²) in [6.07, 6.45) is 2.31. The van der Waals surface area contributed by atoms with Crippen molar-refractivity contribution in [2.24, 2.45) is 5.92 Å². The summed E-state index contributed by atoms with van der Waals surface area (Å²) in [4.78, 5) is 7.39. The van der Waals surface area contributed by atoms with Crippen molar-refractivity contribution in [1.29, 1.82) is 0 Å². The zero-order chi connectivity index (χ0) is 20.7. The van der Waals surface area contributed by atoms with Gasteiger partial charge in [0.15, 0.2) is 23.0 Å². The van der Waals surface area contributed by atoms with Crippen molar-refractivity contribution in [3.05, 3.63) is 42.5 Å². The maximum atomic E-state index is 5.51. The van der Waals surface area contributed by atoms with E-state index < -0.39 is 0 Å². The largest absolute Gasteiger partial charge is 0.493 e. The van der Waals surface area contributed by atoms with Crippen LogP contribution in [0.5, 0.6) is 11.5 Å². The lowest BCUT2D eigenvalue weighted by Crippen LogP contribution is -2.34. The highest BCUT2D eigenvalue weighted by Crippen LogP contribution is 2.34. The quantitative estimate of drug-likeness (QED) is 0.509. The Morgan fingerprint density at radius 2 is 1.70 bits per heavy atom. The van der Waals surface area contributed by atoms with Crippen LogP contribution in [0, 0.1) is 5.92 Å². The molecule has 0 radical (unpaired) electrons. The van der Waals surface area contributed by atoms with Crippen LogP contribution in [-0.4, -0.2) is 46.9 Å². The summed E-state index contributed by atoms with van der Waals surface area (Å²) in [6.45, 7) is 4.27. The van der Waals surface area contributed by atoms with E-state index in [4.69, 9.17) is 14.5 Å². The molecule has 1 saturated heterocycles. The van der Waals surface area contributed by atoms with E-state index in [1.165, 1.54) is 0 Å². The molecule has 1 aliphatic heterocycles. The fraction of sp³-hybridized carbons (Fsp3) is 0.348. The summed E-state index contributed by atoms with van der Waals surface area (Å²) in [7, 11) is 3.27. The summed E-state index contributed by atoms with van der Waals surface area (Å²) in [5.41, 5.74) is 2.66. The fourth-order valence-electron chi connectivity index (χ4n) is 4.15. The van der Waals surface area contributed by atoms with Crippen molar-refractivity contribution in [3.63, 3.8) is 0 Å². The standard InChI is InChI=1S/C23H25N5O2/c1-15-10-12-27(13-11-15)23-24-18-7-5-4-6-17(18)22-26-25-21(28(22)23)16-8-9-19(29-2)20(14-16)30-3/h4-9,14-15H,10-13H2,1-3H3. The van der Waals surface area contributed by atoms with Crippen LogP contribution in [0.4, 0.5) is 5.95 Å². The Bertz CT molecular complexity index is 1210. The number of nitrogens with zero attached hydrogens (tertiary/aromatic N) is 5. The fourth-order valence-corrected chi connectivity index (χ4v) is 4.15. The Balaban J connectivity index is 1.75. The van der Waals surface area contributed by atoms with E-state index in [1.807, 2.05) is 42.5 Å². The Morgan fingerprint density at radius 3 is 2.47 bits per heavy atom. The van der Waals surface area contributed by atoms with Gasteiger partial charge in [-0.25, -0.2) is 9.38 Å². The van der Waals surface area contributed by atoms with Crippen LogP contribution in [-0.2, 0) is 0 Å². The normalized spacial score (nSPS) is 15.1. The smallest absolute Gasteiger partial charge is 0.213 e. The summed E-state index contributed by atoms with van der Waals surface area (Å²) in [6, 6.07) is 13.9. The topological polar surface area (TPSA) is 64.8 Å². The molecule has 0 bridgehead atoms. The van der Waals surface area contributed by atoms with Crippen molar-refractivity contribution in [3.8, 4) is 22.9 Å². The molecule has 30 heavy (non-hydrogen) atoms. The lowest BCUT2D eigenvalue weighted by molar-refractivity contribution is 0.355. The van der Waals surface area contributed by atoms with Gasteiger partial charge in [0.2, 0.25) is 5.95 Å². The number of piperidine rings is 1. The van der Waals surface area contributed by atoms with Gasteiger partial charge < -0.3 is 14.4 Å². The maximum Gasteiger partial charge on any atom is 0.213 e. The number of para-hydroxylation sites is 1. The van der Waals surface area contributed by atoms with E-state index in [0.717, 1.165) is 65.7 Å². The van der Waals surface area contributed by atoms with E-state index in [0.29, 0.717) is 11.5 Å². The van der Waals surface area contributed by atoms with Crippen LogP contribution in [0.1, 0.15) is 19.8 Å². The average Bonchev–Trinajstić information content (AvgIpc) is 3.24. The number of aromatic nitrogens is 4. The van der Waals surface area contributed by atoms with Crippen LogP contribution >= 0.6 is 0 Å². The first-order chi connectivity index (χ1) is 14.7.